The standard InChI is InChI=1S/C11H24O2P.ClH/c1-8(2)14(9(3)4)10(12)6-5-7-11(14)13;/h8-13H,5-7H2,1-4H3;1H/q+1;/p-1. The summed E-state index contributed by atoms with van der Waals surface area (Å²) in [5.41, 5.74) is 0.876. The van der Waals surface area contributed by atoms with Crippen molar-refractivity contribution in [3.8, 4) is 0 Å². The molecule has 0 radical (unpaired) electrons. The molecule has 0 aromatic heterocycles. The van der Waals surface area contributed by atoms with Gasteiger partial charge < -0.3 is 22.6 Å². The summed E-state index contributed by atoms with van der Waals surface area (Å²) in [6.45, 7) is 8.63. The second-order valence-electron chi connectivity index (χ2n) is 4.97. The van der Waals surface area contributed by atoms with Gasteiger partial charge in [0.05, 0.1) is 18.6 Å². The number of rotatable bonds is 2. The summed E-state index contributed by atoms with van der Waals surface area (Å²) in [7, 11) is -1.61. The van der Waals surface area contributed by atoms with Gasteiger partial charge in [0.15, 0.2) is 11.7 Å². The lowest BCUT2D eigenvalue weighted by atomic mass is 10.2. The molecular weight excluding hydrogens is 231 g/mol. The molecule has 0 bridgehead atoms. The van der Waals surface area contributed by atoms with Gasteiger partial charge in [-0.2, -0.15) is 0 Å². The van der Waals surface area contributed by atoms with E-state index in [1.807, 2.05) is 0 Å². The second kappa shape index (κ2) is 5.82. The van der Waals surface area contributed by atoms with Crippen LogP contribution < -0.4 is 12.4 Å². The van der Waals surface area contributed by atoms with Crippen LogP contribution in [0.2, 0.25) is 0 Å². The normalized spacial score (nSPS) is 30.4. The molecule has 15 heavy (non-hydrogen) atoms. The molecule has 4 heteroatoms. The van der Waals surface area contributed by atoms with Crippen molar-refractivity contribution >= 4 is 7.26 Å². The van der Waals surface area contributed by atoms with Crippen molar-refractivity contribution in [1.82, 2.24) is 0 Å². The minimum absolute atomic E-state index is 0. The number of halogens is 1. The Labute approximate surface area is 100 Å². The van der Waals surface area contributed by atoms with E-state index in [1.165, 1.54) is 0 Å². The van der Waals surface area contributed by atoms with Crippen molar-refractivity contribution in [3.63, 3.8) is 0 Å². The summed E-state index contributed by atoms with van der Waals surface area (Å²) in [4.78, 5) is 0. The highest BCUT2D eigenvalue weighted by Gasteiger charge is 2.58. The molecule has 2 atom stereocenters. The topological polar surface area (TPSA) is 40.5 Å². The summed E-state index contributed by atoms with van der Waals surface area (Å²) in [6.07, 6.45) is 2.76. The van der Waals surface area contributed by atoms with Gasteiger partial charge in [-0.3, -0.25) is 0 Å². The first kappa shape index (κ1) is 15.6. The third kappa shape index (κ3) is 2.49. The second-order valence-corrected chi connectivity index (χ2v) is 10.0. The van der Waals surface area contributed by atoms with E-state index < -0.39 is 7.26 Å². The van der Waals surface area contributed by atoms with Gasteiger partial charge in [-0.05, 0) is 34.1 Å². The van der Waals surface area contributed by atoms with Crippen LogP contribution in [0, 0.1) is 0 Å². The number of hydrogen-bond acceptors (Lipinski definition) is 2. The van der Waals surface area contributed by atoms with Gasteiger partial charge in [-0.25, -0.2) is 0 Å². The molecule has 2 unspecified atom stereocenters. The van der Waals surface area contributed by atoms with Gasteiger partial charge in [0.25, 0.3) is 0 Å². The van der Waals surface area contributed by atoms with E-state index in [0.29, 0.717) is 11.3 Å². The minimum Gasteiger partial charge on any atom is -1.00 e. The molecule has 1 aliphatic rings. The van der Waals surface area contributed by atoms with Crippen molar-refractivity contribution in [2.75, 3.05) is 0 Å². The van der Waals surface area contributed by atoms with E-state index in [1.54, 1.807) is 0 Å². The molecule has 2 nitrogen and oxygen atoms in total. The first-order valence-electron chi connectivity index (χ1n) is 5.68. The number of aliphatic hydroxyl groups excluding tert-OH is 2. The summed E-state index contributed by atoms with van der Waals surface area (Å²) in [5.74, 6) is -0.461. The monoisotopic (exact) mass is 254 g/mol. The summed E-state index contributed by atoms with van der Waals surface area (Å²) >= 11 is 0. The van der Waals surface area contributed by atoms with Crippen LogP contribution in [0.3, 0.4) is 0 Å². The Bertz CT molecular complexity index is 177. The lowest BCUT2D eigenvalue weighted by Gasteiger charge is -2.44. The fourth-order valence-electron chi connectivity index (χ4n) is 3.10. The highest BCUT2D eigenvalue weighted by Crippen LogP contribution is 2.75. The maximum Gasteiger partial charge on any atom is 0.167 e. The van der Waals surface area contributed by atoms with Crippen LogP contribution in [0.5, 0.6) is 0 Å². The zero-order chi connectivity index (χ0) is 10.9. The van der Waals surface area contributed by atoms with Crippen molar-refractivity contribution in [2.45, 2.75) is 70.0 Å². The van der Waals surface area contributed by atoms with E-state index in [0.717, 1.165) is 19.3 Å². The quantitative estimate of drug-likeness (QED) is 0.661. The molecule has 1 heterocycles. The third-order valence-corrected chi connectivity index (χ3v) is 9.90. The average Bonchev–Trinajstić information content (AvgIpc) is 2.02. The fourth-order valence-corrected chi connectivity index (χ4v) is 8.70. The van der Waals surface area contributed by atoms with Crippen molar-refractivity contribution in [1.29, 1.82) is 0 Å². The zero-order valence-corrected chi connectivity index (χ0v) is 11.8. The molecule has 1 rings (SSSR count). The zero-order valence-electron chi connectivity index (χ0n) is 10.2. The van der Waals surface area contributed by atoms with Gasteiger partial charge in [-0.1, -0.05) is 0 Å². The van der Waals surface area contributed by atoms with Crippen LogP contribution in [-0.2, 0) is 0 Å². The Morgan fingerprint density at radius 2 is 1.27 bits per heavy atom. The first-order chi connectivity index (χ1) is 6.44. The Balaban J connectivity index is 0.00000196. The first-order valence-corrected chi connectivity index (χ1v) is 7.74. The Morgan fingerprint density at radius 1 is 0.933 bits per heavy atom. The van der Waals surface area contributed by atoms with Crippen LogP contribution in [0.1, 0.15) is 47.0 Å². The molecule has 2 N–H and O–H groups in total. The number of aliphatic hydroxyl groups is 2. The Morgan fingerprint density at radius 3 is 1.47 bits per heavy atom. The highest BCUT2D eigenvalue weighted by molar-refractivity contribution is 7.78. The van der Waals surface area contributed by atoms with E-state index in [9.17, 15) is 10.2 Å². The SMILES string of the molecule is CC(C)[P+]1(C(C)C)C(O)CCCC1O.[Cl-]. The largest absolute Gasteiger partial charge is 1.00 e. The fraction of sp³-hybridized carbons (Fsp3) is 1.00. The van der Waals surface area contributed by atoms with Crippen molar-refractivity contribution < 1.29 is 22.6 Å². The smallest absolute Gasteiger partial charge is 0.167 e. The van der Waals surface area contributed by atoms with Crippen molar-refractivity contribution in [2.24, 2.45) is 0 Å². The predicted molar refractivity (Wildman–Crippen MR) is 63.1 cm³/mol. The van der Waals surface area contributed by atoms with Gasteiger partial charge in [0.2, 0.25) is 0 Å². The summed E-state index contributed by atoms with van der Waals surface area (Å²) < 4.78 is 0. The van der Waals surface area contributed by atoms with E-state index >= 15 is 0 Å². The molecule has 0 amide bonds. The predicted octanol–water partition coefficient (Wildman–Crippen LogP) is -0.354. The van der Waals surface area contributed by atoms with Crippen LogP contribution in [-0.4, -0.2) is 33.2 Å². The lowest BCUT2D eigenvalue weighted by molar-refractivity contribution is -0.00000661. The maximum absolute atomic E-state index is 10.2. The molecule has 1 fully saturated rings. The Kier molecular flexibility index (Phi) is 6.06. The molecule has 1 aliphatic heterocycles. The molecule has 0 saturated carbocycles. The Hall–Kier alpha value is 0.640. The molecule has 0 aliphatic carbocycles. The minimum atomic E-state index is -1.61. The van der Waals surface area contributed by atoms with Crippen LogP contribution in [0.4, 0.5) is 0 Å². The van der Waals surface area contributed by atoms with Crippen LogP contribution in [0.25, 0.3) is 0 Å². The van der Waals surface area contributed by atoms with E-state index in [2.05, 4.69) is 27.7 Å². The maximum atomic E-state index is 10.2. The van der Waals surface area contributed by atoms with Gasteiger partial charge in [0, 0.05) is 12.8 Å². The van der Waals surface area contributed by atoms with E-state index in [-0.39, 0.29) is 24.1 Å². The molecule has 1 saturated heterocycles. The molecular formula is C11H24ClO2P. The van der Waals surface area contributed by atoms with Crippen LogP contribution in [0.15, 0.2) is 0 Å². The average molecular weight is 255 g/mol. The molecule has 0 aromatic rings. The van der Waals surface area contributed by atoms with Crippen LogP contribution >= 0.6 is 7.26 Å². The van der Waals surface area contributed by atoms with Crippen molar-refractivity contribution in [3.05, 3.63) is 0 Å². The van der Waals surface area contributed by atoms with Gasteiger partial charge in [-0.15, -0.1) is 0 Å². The highest BCUT2D eigenvalue weighted by atomic mass is 35.5. The lowest BCUT2D eigenvalue weighted by Crippen LogP contribution is -3.00. The van der Waals surface area contributed by atoms with Gasteiger partial charge >= 0.3 is 0 Å². The van der Waals surface area contributed by atoms with Gasteiger partial charge in [0.1, 0.15) is 0 Å². The molecule has 0 spiro atoms. The molecule has 92 valence electrons. The summed E-state index contributed by atoms with van der Waals surface area (Å²) in [5, 5.41) is 20.4. The number of hydrogen-bond donors (Lipinski definition) is 2. The third-order valence-electron chi connectivity index (χ3n) is 3.75. The van der Waals surface area contributed by atoms with E-state index in [4.69, 9.17) is 0 Å². The molecule has 0 aromatic carbocycles. The summed E-state index contributed by atoms with van der Waals surface area (Å²) in [6, 6.07) is 0.